The lowest BCUT2D eigenvalue weighted by Crippen LogP contribution is -2.56. The van der Waals surface area contributed by atoms with Crippen LogP contribution >= 0.6 is 15.9 Å². The molecule has 0 spiro atoms. The summed E-state index contributed by atoms with van der Waals surface area (Å²) in [5.41, 5.74) is -2.37. The van der Waals surface area contributed by atoms with Gasteiger partial charge in [-0.3, -0.25) is 0 Å². The Morgan fingerprint density at radius 3 is 2.71 bits per heavy atom. The maximum absolute atomic E-state index is 14.3. The molecule has 3 aliphatic rings. The van der Waals surface area contributed by atoms with E-state index < -0.39 is 22.5 Å². The van der Waals surface area contributed by atoms with Crippen molar-refractivity contribution in [3.05, 3.63) is 0 Å². The Kier molecular flexibility index (Phi) is 1.68. The monoisotopic (exact) mass is 269 g/mol. The van der Waals surface area contributed by atoms with Crippen molar-refractivity contribution in [1.82, 2.24) is 5.32 Å². The largest absolute Gasteiger partial charge is 0.336 e. The topological polar surface area (TPSA) is 12.0 Å². The molecule has 0 aromatic rings. The summed E-state index contributed by atoms with van der Waals surface area (Å²) >= 11 is 2.21. The standard InChI is InChI=1S/C9H11BrF3N/c10-9(12,13)8(11)5-1-4-3-14-7(8)6(4)2-5/h4-7,14H,1-3H2. The van der Waals surface area contributed by atoms with Crippen molar-refractivity contribution in [2.45, 2.75) is 29.4 Å². The number of hydrogen-bond donors (Lipinski definition) is 1. The van der Waals surface area contributed by atoms with Crippen molar-refractivity contribution in [2.24, 2.45) is 17.8 Å². The van der Waals surface area contributed by atoms with Crippen LogP contribution in [0, 0.1) is 17.8 Å². The van der Waals surface area contributed by atoms with Crippen molar-refractivity contribution >= 4 is 15.9 Å². The van der Waals surface area contributed by atoms with Gasteiger partial charge >= 0.3 is 4.83 Å². The Morgan fingerprint density at radius 2 is 2.07 bits per heavy atom. The highest BCUT2D eigenvalue weighted by atomic mass is 79.9. The Balaban J connectivity index is 2.03. The van der Waals surface area contributed by atoms with E-state index in [9.17, 15) is 13.2 Å². The van der Waals surface area contributed by atoms with E-state index in [4.69, 9.17) is 0 Å². The zero-order chi connectivity index (χ0) is 10.1. The highest BCUT2D eigenvalue weighted by Gasteiger charge is 2.73. The molecule has 0 amide bonds. The molecule has 1 aliphatic heterocycles. The van der Waals surface area contributed by atoms with Crippen LogP contribution < -0.4 is 5.32 Å². The van der Waals surface area contributed by atoms with Crippen molar-refractivity contribution in [1.29, 1.82) is 0 Å². The Morgan fingerprint density at radius 1 is 1.36 bits per heavy atom. The van der Waals surface area contributed by atoms with E-state index in [-0.39, 0.29) is 5.92 Å². The average Bonchev–Trinajstić information content (AvgIpc) is 2.59. The number of rotatable bonds is 1. The fourth-order valence-corrected chi connectivity index (χ4v) is 4.27. The first-order valence-corrected chi connectivity index (χ1v) is 5.73. The average molecular weight is 270 g/mol. The van der Waals surface area contributed by atoms with E-state index in [1.165, 1.54) is 0 Å². The molecule has 2 bridgehead atoms. The summed E-state index contributed by atoms with van der Waals surface area (Å²) in [6.45, 7) is 0.709. The first-order valence-electron chi connectivity index (χ1n) is 4.93. The van der Waals surface area contributed by atoms with Gasteiger partial charge in [-0.2, -0.15) is 8.78 Å². The lowest BCUT2D eigenvalue weighted by atomic mass is 9.80. The molecular weight excluding hydrogens is 259 g/mol. The van der Waals surface area contributed by atoms with Crippen LogP contribution in [-0.4, -0.2) is 23.1 Å². The highest BCUT2D eigenvalue weighted by molar-refractivity contribution is 9.10. The third kappa shape index (κ3) is 0.865. The van der Waals surface area contributed by atoms with E-state index in [0.717, 1.165) is 0 Å². The molecule has 80 valence electrons. The second kappa shape index (κ2) is 2.48. The Labute approximate surface area is 88.6 Å². The summed E-state index contributed by atoms with van der Waals surface area (Å²) in [5, 5.41) is 2.92. The molecule has 3 fully saturated rings. The number of hydrogen-bond acceptors (Lipinski definition) is 1. The van der Waals surface area contributed by atoms with Crippen molar-refractivity contribution in [2.75, 3.05) is 6.54 Å². The molecular formula is C9H11BrF3N. The molecule has 5 unspecified atom stereocenters. The second-order valence-electron chi connectivity index (χ2n) is 4.74. The van der Waals surface area contributed by atoms with Gasteiger partial charge in [-0.25, -0.2) is 4.39 Å². The second-order valence-corrected chi connectivity index (χ2v) is 5.74. The van der Waals surface area contributed by atoms with Crippen molar-refractivity contribution in [3.8, 4) is 0 Å². The van der Waals surface area contributed by atoms with E-state index in [1.807, 2.05) is 0 Å². The SMILES string of the molecule is FC(F)(Br)C1(F)C2CC3CNC1C3C2. The molecule has 0 aromatic heterocycles. The number of fused-ring (bicyclic) bond motifs is 1. The minimum absolute atomic E-state index is 0.133. The zero-order valence-corrected chi connectivity index (χ0v) is 9.03. The Bertz CT molecular complexity index is 278. The lowest BCUT2D eigenvalue weighted by molar-refractivity contribution is -0.102. The van der Waals surface area contributed by atoms with Gasteiger partial charge in [-0.1, -0.05) is 0 Å². The number of nitrogens with one attached hydrogen (secondary N) is 1. The molecule has 1 saturated heterocycles. The van der Waals surface area contributed by atoms with Gasteiger partial charge in [0.25, 0.3) is 0 Å². The summed E-state index contributed by atoms with van der Waals surface area (Å²) in [6.07, 6.45) is 1.24. The molecule has 14 heavy (non-hydrogen) atoms. The van der Waals surface area contributed by atoms with Gasteiger partial charge in [-0.05, 0) is 47.2 Å². The molecule has 0 radical (unpaired) electrons. The quantitative estimate of drug-likeness (QED) is 0.721. The predicted octanol–water partition coefficient (Wildman–Crippen LogP) is 2.31. The van der Waals surface area contributed by atoms with Crippen LogP contribution in [0.5, 0.6) is 0 Å². The molecule has 0 aromatic carbocycles. The van der Waals surface area contributed by atoms with E-state index in [1.54, 1.807) is 0 Å². The third-order valence-electron chi connectivity index (χ3n) is 4.26. The maximum Gasteiger partial charge on any atom is 0.336 e. The fourth-order valence-electron chi connectivity index (χ4n) is 3.69. The first kappa shape index (κ1) is 9.46. The van der Waals surface area contributed by atoms with Crippen LogP contribution in [0.3, 0.4) is 0 Å². The van der Waals surface area contributed by atoms with Crippen LogP contribution in [0.4, 0.5) is 13.2 Å². The molecule has 2 aliphatic carbocycles. The van der Waals surface area contributed by atoms with Crippen molar-refractivity contribution in [3.63, 3.8) is 0 Å². The van der Waals surface area contributed by atoms with Gasteiger partial charge in [0.1, 0.15) is 0 Å². The van der Waals surface area contributed by atoms with Gasteiger partial charge in [0, 0.05) is 5.92 Å². The number of halogens is 4. The predicted molar refractivity (Wildman–Crippen MR) is 49.2 cm³/mol. The lowest BCUT2D eigenvalue weighted by Gasteiger charge is -2.37. The molecule has 5 atom stereocenters. The number of alkyl halides is 4. The normalized spacial score (nSPS) is 55.7. The van der Waals surface area contributed by atoms with Gasteiger partial charge in [0.2, 0.25) is 5.67 Å². The minimum Gasteiger partial charge on any atom is -0.310 e. The van der Waals surface area contributed by atoms with Crippen LogP contribution in [0.1, 0.15) is 12.8 Å². The van der Waals surface area contributed by atoms with Gasteiger partial charge < -0.3 is 5.32 Å². The molecule has 1 N–H and O–H groups in total. The third-order valence-corrected chi connectivity index (χ3v) is 4.87. The van der Waals surface area contributed by atoms with Crippen LogP contribution in [-0.2, 0) is 0 Å². The van der Waals surface area contributed by atoms with Gasteiger partial charge in [-0.15, -0.1) is 0 Å². The Hall–Kier alpha value is 0.230. The zero-order valence-electron chi connectivity index (χ0n) is 7.44. The fraction of sp³-hybridized carbons (Fsp3) is 1.00. The summed E-state index contributed by atoms with van der Waals surface area (Å²) in [5.74, 6) is 0.101. The van der Waals surface area contributed by atoms with Crippen LogP contribution in [0.15, 0.2) is 0 Å². The van der Waals surface area contributed by atoms with E-state index in [0.29, 0.717) is 25.3 Å². The first-order chi connectivity index (χ1) is 6.44. The molecule has 2 saturated carbocycles. The summed E-state index contributed by atoms with van der Waals surface area (Å²) in [6, 6.07) is -0.638. The molecule has 1 heterocycles. The van der Waals surface area contributed by atoms with E-state index >= 15 is 0 Å². The molecule has 3 rings (SSSR count). The smallest absolute Gasteiger partial charge is 0.310 e. The minimum atomic E-state index is -3.40. The van der Waals surface area contributed by atoms with Gasteiger partial charge in [0.05, 0.1) is 6.04 Å². The summed E-state index contributed by atoms with van der Waals surface area (Å²) < 4.78 is 40.8. The highest BCUT2D eigenvalue weighted by Crippen LogP contribution is 2.63. The van der Waals surface area contributed by atoms with Crippen LogP contribution in [0.2, 0.25) is 0 Å². The molecule has 5 heteroatoms. The van der Waals surface area contributed by atoms with Crippen molar-refractivity contribution < 1.29 is 13.2 Å². The summed E-state index contributed by atoms with van der Waals surface area (Å²) in [4.78, 5) is -3.40. The van der Waals surface area contributed by atoms with Crippen LogP contribution in [0.25, 0.3) is 0 Å². The molecule has 1 nitrogen and oxygen atoms in total. The maximum atomic E-state index is 14.3. The van der Waals surface area contributed by atoms with Gasteiger partial charge in [0.15, 0.2) is 0 Å². The summed E-state index contributed by atoms with van der Waals surface area (Å²) in [7, 11) is 0. The van der Waals surface area contributed by atoms with E-state index in [2.05, 4.69) is 21.2 Å².